The van der Waals surface area contributed by atoms with Gasteiger partial charge in [0.05, 0.1) is 0 Å². The summed E-state index contributed by atoms with van der Waals surface area (Å²) in [6.07, 6.45) is 6.57. The van der Waals surface area contributed by atoms with Crippen LogP contribution in [-0.4, -0.2) is 22.0 Å². The fourth-order valence-electron chi connectivity index (χ4n) is 5.11. The molecule has 2 heterocycles. The van der Waals surface area contributed by atoms with E-state index in [9.17, 15) is 19.1 Å². The number of nitrogens with two attached hydrogens (primary N) is 1. The van der Waals surface area contributed by atoms with Gasteiger partial charge in [0.2, 0.25) is 0 Å². The van der Waals surface area contributed by atoms with E-state index < -0.39 is 6.10 Å². The molecule has 224 valence electrons. The molecule has 0 bridgehead atoms. The smallest absolute Gasteiger partial charge is 0.540 e. The predicted molar refractivity (Wildman–Crippen MR) is 166 cm³/mol. The number of benzene rings is 1. The number of fused-ring (bicyclic) bond motifs is 2. The number of carbonyl (C=O) groups excluding carboxylic acids is 1. The SMILES string of the molecule is CC.CC.CC(C)N.[CH2-]c1c(C(O)[C-]=O)cc2n(c1=O)CC(=C1\CCCc3c(C)c(F)cc(C)c31)/C2=C/CCC.[U+2]. The monoisotopic (exact) mass is 790 g/mol. The minimum absolute atomic E-state index is 0. The van der Waals surface area contributed by atoms with Crippen molar-refractivity contribution in [2.75, 3.05) is 0 Å². The maximum Gasteiger partial charge on any atom is 2.00 e. The molecule has 7 heteroatoms. The average molecular weight is 791 g/mol. The minimum Gasteiger partial charge on any atom is -0.540 e. The number of nitrogens with zero attached hydrogens (tertiary/aromatic N) is 1. The Bertz CT molecular complexity index is 1290. The number of aliphatic hydroxyl groups excluding tert-OH is 1. The third-order valence-corrected chi connectivity index (χ3v) is 6.77. The number of allylic oxidation sites excluding steroid dienone is 4. The number of pyridine rings is 1. The van der Waals surface area contributed by atoms with E-state index in [1.165, 1.54) is 0 Å². The fourth-order valence-corrected chi connectivity index (χ4v) is 5.11. The van der Waals surface area contributed by atoms with Crippen LogP contribution in [0.5, 0.6) is 0 Å². The summed E-state index contributed by atoms with van der Waals surface area (Å²) >= 11 is 0. The second kappa shape index (κ2) is 18.6. The van der Waals surface area contributed by atoms with Crippen molar-refractivity contribution in [3.8, 4) is 0 Å². The topological polar surface area (TPSA) is 85.3 Å². The molecule has 0 saturated heterocycles. The number of aliphatic hydroxyl groups is 1. The van der Waals surface area contributed by atoms with E-state index in [4.69, 9.17) is 5.73 Å². The predicted octanol–water partition coefficient (Wildman–Crippen LogP) is 7.32. The van der Waals surface area contributed by atoms with Crippen LogP contribution in [0.15, 0.2) is 28.6 Å². The zero-order valence-corrected chi connectivity index (χ0v) is 30.7. The summed E-state index contributed by atoms with van der Waals surface area (Å²) < 4.78 is 16.1. The van der Waals surface area contributed by atoms with Gasteiger partial charge >= 0.3 is 31.1 Å². The quantitative estimate of drug-likeness (QED) is 0.318. The van der Waals surface area contributed by atoms with E-state index >= 15 is 0 Å². The number of aromatic nitrogens is 1. The van der Waals surface area contributed by atoms with Crippen LogP contribution in [0.3, 0.4) is 0 Å². The zero-order chi connectivity index (χ0) is 30.7. The number of hydrogen-bond donors (Lipinski definition) is 2. The number of aryl methyl sites for hydroxylation is 1. The maximum absolute atomic E-state index is 14.4. The molecule has 1 aliphatic heterocycles. The third-order valence-electron chi connectivity index (χ3n) is 6.77. The number of rotatable bonds is 4. The Balaban J connectivity index is 0.00000161. The van der Waals surface area contributed by atoms with E-state index in [0.29, 0.717) is 23.8 Å². The Morgan fingerprint density at radius 3 is 2.27 bits per heavy atom. The first kappa shape index (κ1) is 39.1. The second-order valence-corrected chi connectivity index (χ2v) is 9.99. The molecule has 41 heavy (non-hydrogen) atoms. The number of unbranched alkanes of at least 4 members (excludes halogenated alkanes) is 1. The van der Waals surface area contributed by atoms with Crippen molar-refractivity contribution >= 4 is 17.4 Å². The molecule has 1 atom stereocenters. The van der Waals surface area contributed by atoms with Gasteiger partial charge in [-0.1, -0.05) is 73.1 Å². The Labute approximate surface area is 270 Å². The van der Waals surface area contributed by atoms with Crippen LogP contribution in [0.2, 0.25) is 0 Å². The summed E-state index contributed by atoms with van der Waals surface area (Å²) in [4.78, 5) is 24.2. The molecule has 0 spiro atoms. The van der Waals surface area contributed by atoms with Gasteiger partial charge < -0.3 is 25.0 Å². The molecule has 5 nitrogen and oxygen atoms in total. The Hall–Kier alpha value is -1.91. The molecule has 0 saturated carbocycles. The molecule has 0 fully saturated rings. The van der Waals surface area contributed by atoms with Gasteiger partial charge in [-0.15, -0.1) is 11.1 Å². The number of hydrogen-bond acceptors (Lipinski definition) is 4. The van der Waals surface area contributed by atoms with E-state index in [-0.39, 0.29) is 53.6 Å². The van der Waals surface area contributed by atoms with Gasteiger partial charge in [-0.25, -0.2) is 10.7 Å². The molecule has 0 radical (unpaired) electrons. The zero-order valence-electron chi connectivity index (χ0n) is 26.5. The molecule has 1 unspecified atom stereocenters. The Morgan fingerprint density at radius 1 is 1.15 bits per heavy atom. The van der Waals surface area contributed by atoms with Crippen LogP contribution in [0, 0.1) is 57.7 Å². The molecule has 2 aromatic rings. The van der Waals surface area contributed by atoms with E-state index in [2.05, 4.69) is 19.9 Å². The average Bonchev–Trinajstić information content (AvgIpc) is 3.31. The van der Waals surface area contributed by atoms with Crippen LogP contribution < -0.4 is 11.3 Å². The van der Waals surface area contributed by atoms with Crippen molar-refractivity contribution < 1.29 is 45.4 Å². The van der Waals surface area contributed by atoms with Crippen molar-refractivity contribution in [3.05, 3.63) is 86.0 Å². The minimum atomic E-state index is -1.51. The molecular formula is C34H49FN2O3U. The molecule has 1 aliphatic carbocycles. The van der Waals surface area contributed by atoms with E-state index in [1.807, 2.05) is 55.4 Å². The van der Waals surface area contributed by atoms with Crippen LogP contribution in [0.4, 0.5) is 4.39 Å². The van der Waals surface area contributed by atoms with Crippen LogP contribution in [0.1, 0.15) is 119 Å². The molecule has 0 amide bonds. The van der Waals surface area contributed by atoms with Gasteiger partial charge in [0.15, 0.2) is 0 Å². The molecule has 3 N–H and O–H groups in total. The molecule has 4 rings (SSSR count). The van der Waals surface area contributed by atoms with Crippen molar-refractivity contribution in [3.63, 3.8) is 0 Å². The first-order valence-corrected chi connectivity index (χ1v) is 14.7. The van der Waals surface area contributed by atoms with Crippen molar-refractivity contribution in [1.29, 1.82) is 0 Å². The number of halogens is 1. The van der Waals surface area contributed by atoms with E-state index in [0.717, 1.165) is 65.5 Å². The van der Waals surface area contributed by atoms with Crippen LogP contribution >= 0.6 is 0 Å². The van der Waals surface area contributed by atoms with Gasteiger partial charge in [0.1, 0.15) is 11.4 Å². The Morgan fingerprint density at radius 2 is 1.73 bits per heavy atom. The summed E-state index contributed by atoms with van der Waals surface area (Å²) in [5.41, 5.74) is 12.7. The summed E-state index contributed by atoms with van der Waals surface area (Å²) in [6, 6.07) is 3.63. The van der Waals surface area contributed by atoms with Gasteiger partial charge in [0.25, 0.3) is 0 Å². The Kier molecular flexibility index (Phi) is 17.7. The van der Waals surface area contributed by atoms with Gasteiger partial charge in [-0.05, 0) is 90.6 Å². The fraction of sp³-hybridized carbons (Fsp3) is 0.500. The van der Waals surface area contributed by atoms with E-state index in [1.54, 1.807) is 23.0 Å². The largest absolute Gasteiger partial charge is 2.00 e. The summed E-state index contributed by atoms with van der Waals surface area (Å²) in [5, 5.41) is 10.1. The molecule has 2 aliphatic rings. The maximum atomic E-state index is 14.4. The summed E-state index contributed by atoms with van der Waals surface area (Å²) in [5.74, 6) is -0.175. The summed E-state index contributed by atoms with van der Waals surface area (Å²) in [7, 11) is 0. The first-order chi connectivity index (χ1) is 19.0. The van der Waals surface area contributed by atoms with Crippen molar-refractivity contribution in [1.82, 2.24) is 4.57 Å². The second-order valence-electron chi connectivity index (χ2n) is 9.99. The molecule has 1 aromatic carbocycles. The molecular weight excluding hydrogens is 741 g/mol. The van der Waals surface area contributed by atoms with Gasteiger partial charge in [0, 0.05) is 12.2 Å². The molecule has 1 aromatic heterocycles. The van der Waals surface area contributed by atoms with Crippen LogP contribution in [0.25, 0.3) is 11.1 Å². The van der Waals surface area contributed by atoms with Crippen LogP contribution in [-0.2, 0) is 17.8 Å². The third kappa shape index (κ3) is 9.04. The standard InChI is InChI=1S/C27H28FNO3.C3H9N.2C2H6.U/c1-5-6-8-19-22(13-29-24(19)12-21(25(31)14-30)17(4)27(29)32)20-10-7-9-18-16(3)23(28)11-15(2)26(18)20;1-3(2)4;2*1-2;/h8,11-12,25,31H,4-7,9-10,13H2,1-3H3;3H,4H2,1-2H3;2*1-2H3;/q-2;;;;+2/b19-8-,22-20-;;;;. The van der Waals surface area contributed by atoms with Gasteiger partial charge in [-0.2, -0.15) is 6.92 Å². The summed E-state index contributed by atoms with van der Waals surface area (Å²) in [6.45, 7) is 22.0. The first-order valence-electron chi connectivity index (χ1n) is 14.7. The van der Waals surface area contributed by atoms with Crippen molar-refractivity contribution in [2.45, 2.75) is 113 Å². The van der Waals surface area contributed by atoms with Crippen molar-refractivity contribution in [2.24, 2.45) is 5.73 Å². The van der Waals surface area contributed by atoms with Gasteiger partial charge in [-0.3, -0.25) is 0 Å². The normalized spacial score (nSPS) is 16.6.